The molecular weight excluding hydrogens is 254 g/mol. The molecule has 0 radical (unpaired) electrons. The van der Waals surface area contributed by atoms with E-state index in [-0.39, 0.29) is 12.7 Å². The zero-order chi connectivity index (χ0) is 14.4. The lowest BCUT2D eigenvalue weighted by atomic mass is 10.2. The van der Waals surface area contributed by atoms with Gasteiger partial charge in [-0.15, -0.1) is 0 Å². The number of carbonyl (C=O) groups is 1. The van der Waals surface area contributed by atoms with E-state index in [4.69, 9.17) is 9.47 Å². The quantitative estimate of drug-likeness (QED) is 0.676. The Balaban J connectivity index is 1.89. The molecule has 1 aromatic rings. The summed E-state index contributed by atoms with van der Waals surface area (Å²) >= 11 is 0. The maximum atomic E-state index is 11.4. The molecular formula is C16H17NO3. The average Bonchev–Trinajstić information content (AvgIpc) is 2.88. The summed E-state index contributed by atoms with van der Waals surface area (Å²) in [6.07, 6.45) is 2.97. The molecule has 0 bridgehead atoms. The van der Waals surface area contributed by atoms with Gasteiger partial charge in [0, 0.05) is 18.2 Å². The normalized spacial score (nSPS) is 12.3. The number of nitrogens with one attached hydrogen (secondary N) is 1. The van der Waals surface area contributed by atoms with Gasteiger partial charge in [0.1, 0.15) is 0 Å². The number of hydrogen-bond acceptors (Lipinski definition) is 3. The van der Waals surface area contributed by atoms with Gasteiger partial charge >= 0.3 is 0 Å². The van der Waals surface area contributed by atoms with Crippen molar-refractivity contribution < 1.29 is 14.3 Å². The molecule has 1 heterocycles. The second-order valence-electron chi connectivity index (χ2n) is 4.81. The lowest BCUT2D eigenvalue weighted by Crippen LogP contribution is -2.25. The molecule has 1 aliphatic rings. The van der Waals surface area contributed by atoms with Crippen LogP contribution >= 0.6 is 0 Å². The first-order valence-corrected chi connectivity index (χ1v) is 6.50. The van der Waals surface area contributed by atoms with Crippen LogP contribution in [-0.4, -0.2) is 19.2 Å². The summed E-state index contributed by atoms with van der Waals surface area (Å²) in [5.41, 5.74) is 0.821. The summed E-state index contributed by atoms with van der Waals surface area (Å²) in [5.74, 6) is 7.52. The Hall–Kier alpha value is -2.41. The summed E-state index contributed by atoms with van der Waals surface area (Å²) in [6, 6.07) is 5.50. The van der Waals surface area contributed by atoms with Gasteiger partial charge in [-0.3, -0.25) is 4.79 Å². The largest absolute Gasteiger partial charge is 0.454 e. The predicted molar refractivity (Wildman–Crippen MR) is 76.4 cm³/mol. The number of fused-ring (bicyclic) bond motifs is 1. The minimum atomic E-state index is -0.126. The van der Waals surface area contributed by atoms with Crippen LogP contribution in [0.5, 0.6) is 11.5 Å². The highest BCUT2D eigenvalue weighted by molar-refractivity contribution is 5.87. The van der Waals surface area contributed by atoms with Crippen molar-refractivity contribution >= 4 is 5.91 Å². The molecule has 0 saturated heterocycles. The van der Waals surface area contributed by atoms with Crippen molar-refractivity contribution in [3.63, 3.8) is 0 Å². The van der Waals surface area contributed by atoms with Gasteiger partial charge in [0.25, 0.3) is 0 Å². The van der Waals surface area contributed by atoms with Crippen LogP contribution in [0.25, 0.3) is 0 Å². The Bertz CT molecular complexity index is 579. The smallest absolute Gasteiger partial charge is 0.244 e. The molecule has 0 unspecified atom stereocenters. The van der Waals surface area contributed by atoms with Crippen LogP contribution < -0.4 is 14.8 Å². The maximum absolute atomic E-state index is 11.4. The zero-order valence-corrected chi connectivity index (χ0v) is 11.6. The molecule has 1 N–H and O–H groups in total. The van der Waals surface area contributed by atoms with E-state index in [1.807, 2.05) is 32.0 Å². The third-order valence-electron chi connectivity index (χ3n) is 2.59. The predicted octanol–water partition coefficient (Wildman–Crippen LogP) is 2.10. The zero-order valence-electron chi connectivity index (χ0n) is 11.6. The van der Waals surface area contributed by atoms with Gasteiger partial charge in [-0.1, -0.05) is 25.7 Å². The van der Waals surface area contributed by atoms with Gasteiger partial charge in [0.2, 0.25) is 12.7 Å². The van der Waals surface area contributed by atoms with Gasteiger partial charge in [0.05, 0.1) is 0 Å². The first-order valence-electron chi connectivity index (χ1n) is 6.50. The van der Waals surface area contributed by atoms with Crippen molar-refractivity contribution in [3.8, 4) is 23.3 Å². The molecule has 2 rings (SSSR count). The van der Waals surface area contributed by atoms with Crippen LogP contribution in [0.4, 0.5) is 0 Å². The Morgan fingerprint density at radius 3 is 3.00 bits per heavy atom. The fraction of sp³-hybridized carbons (Fsp3) is 0.312. The molecule has 20 heavy (non-hydrogen) atoms. The van der Waals surface area contributed by atoms with E-state index in [1.54, 1.807) is 6.08 Å². The summed E-state index contributed by atoms with van der Waals surface area (Å²) in [7, 11) is 0. The second kappa shape index (κ2) is 6.67. The summed E-state index contributed by atoms with van der Waals surface area (Å²) < 4.78 is 10.5. The molecule has 1 aliphatic heterocycles. The molecule has 4 nitrogen and oxygen atoms in total. The Morgan fingerprint density at radius 2 is 2.20 bits per heavy atom. The highest BCUT2D eigenvalue weighted by Gasteiger charge is 2.12. The minimum absolute atomic E-state index is 0.126. The standard InChI is InChI=1S/C16H17NO3/c1-12(2)10-17-16(18)6-4-3-5-13-7-8-14-15(9-13)20-11-19-14/h4,6-9,12H,10-11H2,1-2H3,(H,17,18)/b6-4+. The molecule has 1 aromatic carbocycles. The Morgan fingerprint density at radius 1 is 1.40 bits per heavy atom. The Labute approximate surface area is 118 Å². The first kappa shape index (κ1) is 14.0. The fourth-order valence-electron chi connectivity index (χ4n) is 1.58. The molecule has 0 aliphatic carbocycles. The highest BCUT2D eigenvalue weighted by atomic mass is 16.7. The number of allylic oxidation sites excluding steroid dienone is 1. The average molecular weight is 271 g/mol. The summed E-state index contributed by atoms with van der Waals surface area (Å²) in [6.45, 7) is 5.01. The number of rotatable bonds is 3. The van der Waals surface area contributed by atoms with Crippen LogP contribution in [0, 0.1) is 17.8 Å². The van der Waals surface area contributed by atoms with Gasteiger partial charge in [-0.25, -0.2) is 0 Å². The molecule has 0 fully saturated rings. The minimum Gasteiger partial charge on any atom is -0.454 e. The number of amides is 1. The molecule has 104 valence electrons. The van der Waals surface area contributed by atoms with E-state index < -0.39 is 0 Å². The van der Waals surface area contributed by atoms with E-state index >= 15 is 0 Å². The van der Waals surface area contributed by atoms with E-state index in [0.29, 0.717) is 18.2 Å². The first-order chi connectivity index (χ1) is 9.65. The molecule has 0 spiro atoms. The monoisotopic (exact) mass is 271 g/mol. The van der Waals surface area contributed by atoms with Crippen LogP contribution in [-0.2, 0) is 4.79 Å². The van der Waals surface area contributed by atoms with Crippen molar-refractivity contribution in [3.05, 3.63) is 35.9 Å². The highest BCUT2D eigenvalue weighted by Crippen LogP contribution is 2.32. The SMILES string of the molecule is CC(C)CNC(=O)/C=C/C#Cc1ccc2c(c1)OCO2. The summed E-state index contributed by atoms with van der Waals surface area (Å²) in [4.78, 5) is 11.4. The van der Waals surface area contributed by atoms with Gasteiger partial charge < -0.3 is 14.8 Å². The molecule has 0 aromatic heterocycles. The van der Waals surface area contributed by atoms with E-state index in [1.165, 1.54) is 6.08 Å². The van der Waals surface area contributed by atoms with Crippen molar-refractivity contribution in [1.29, 1.82) is 0 Å². The van der Waals surface area contributed by atoms with Crippen LogP contribution in [0.1, 0.15) is 19.4 Å². The van der Waals surface area contributed by atoms with Crippen molar-refractivity contribution in [2.45, 2.75) is 13.8 Å². The molecule has 4 heteroatoms. The molecule has 1 amide bonds. The third-order valence-corrected chi connectivity index (χ3v) is 2.59. The van der Waals surface area contributed by atoms with E-state index in [2.05, 4.69) is 17.2 Å². The maximum Gasteiger partial charge on any atom is 0.244 e. The van der Waals surface area contributed by atoms with Gasteiger partial charge in [-0.2, -0.15) is 0 Å². The summed E-state index contributed by atoms with van der Waals surface area (Å²) in [5, 5.41) is 2.78. The lowest BCUT2D eigenvalue weighted by Gasteiger charge is -2.03. The number of hydrogen-bond donors (Lipinski definition) is 1. The van der Waals surface area contributed by atoms with Crippen LogP contribution in [0.2, 0.25) is 0 Å². The second-order valence-corrected chi connectivity index (χ2v) is 4.81. The fourth-order valence-corrected chi connectivity index (χ4v) is 1.58. The topological polar surface area (TPSA) is 47.6 Å². The molecule has 0 atom stereocenters. The van der Waals surface area contributed by atoms with Crippen LogP contribution in [0.3, 0.4) is 0 Å². The number of ether oxygens (including phenoxy) is 2. The van der Waals surface area contributed by atoms with Gasteiger partial charge in [-0.05, 0) is 30.2 Å². The van der Waals surface area contributed by atoms with Gasteiger partial charge in [0.15, 0.2) is 11.5 Å². The van der Waals surface area contributed by atoms with E-state index in [0.717, 1.165) is 11.3 Å². The number of carbonyl (C=O) groups excluding carboxylic acids is 1. The van der Waals surface area contributed by atoms with Crippen LogP contribution in [0.15, 0.2) is 30.4 Å². The van der Waals surface area contributed by atoms with Crippen molar-refractivity contribution in [2.75, 3.05) is 13.3 Å². The van der Waals surface area contributed by atoms with E-state index in [9.17, 15) is 4.79 Å². The molecule has 0 saturated carbocycles. The Kier molecular flexibility index (Phi) is 4.67. The lowest BCUT2D eigenvalue weighted by molar-refractivity contribution is -0.116. The third kappa shape index (κ3) is 4.06. The van der Waals surface area contributed by atoms with Crippen molar-refractivity contribution in [1.82, 2.24) is 5.32 Å². The number of benzene rings is 1. The van der Waals surface area contributed by atoms with Crippen molar-refractivity contribution in [2.24, 2.45) is 5.92 Å².